The van der Waals surface area contributed by atoms with Gasteiger partial charge in [0, 0.05) is 23.3 Å². The minimum atomic E-state index is -0.125. The number of hydrogen-bond donors (Lipinski definition) is 1. The van der Waals surface area contributed by atoms with Crippen LogP contribution in [-0.4, -0.2) is 17.2 Å². The normalized spacial score (nSPS) is 10.5. The summed E-state index contributed by atoms with van der Waals surface area (Å²) in [6.45, 7) is 0.400. The lowest BCUT2D eigenvalue weighted by Crippen LogP contribution is -1.96. The van der Waals surface area contributed by atoms with Crippen molar-refractivity contribution in [3.63, 3.8) is 0 Å². The predicted octanol–water partition coefficient (Wildman–Crippen LogP) is 3.28. The van der Waals surface area contributed by atoms with Gasteiger partial charge in [0.05, 0.1) is 13.2 Å². The monoisotopic (exact) mass is 323 g/mol. The molecule has 0 amide bonds. The summed E-state index contributed by atoms with van der Waals surface area (Å²) >= 11 is 3.31. The van der Waals surface area contributed by atoms with E-state index in [9.17, 15) is 5.11 Å². The van der Waals surface area contributed by atoms with Crippen LogP contribution in [0.3, 0.4) is 0 Å². The first-order chi connectivity index (χ1) is 9.22. The van der Waals surface area contributed by atoms with Crippen molar-refractivity contribution < 1.29 is 14.6 Å². The van der Waals surface area contributed by atoms with E-state index in [4.69, 9.17) is 9.47 Å². The third-order valence-electron chi connectivity index (χ3n) is 2.49. The standard InChI is InChI=1S/C14H14BrNO3/c1-18-9-10-3-2-4-13(5-10)19-14-11(8-17)6-12(15)7-16-14/h2-7,17H,8-9H2,1H3. The number of ether oxygens (including phenoxy) is 2. The van der Waals surface area contributed by atoms with Gasteiger partial charge in [-0.05, 0) is 39.7 Å². The van der Waals surface area contributed by atoms with Crippen LogP contribution >= 0.6 is 15.9 Å². The Morgan fingerprint density at radius 3 is 2.89 bits per heavy atom. The van der Waals surface area contributed by atoms with Crippen molar-refractivity contribution in [1.29, 1.82) is 0 Å². The van der Waals surface area contributed by atoms with Gasteiger partial charge in [-0.1, -0.05) is 12.1 Å². The number of methoxy groups -OCH3 is 1. The molecule has 0 radical (unpaired) electrons. The van der Waals surface area contributed by atoms with Crippen molar-refractivity contribution in [2.24, 2.45) is 0 Å². The molecule has 1 aromatic heterocycles. The Kier molecular flexibility index (Phi) is 4.90. The SMILES string of the molecule is COCc1cccc(Oc2ncc(Br)cc2CO)c1. The van der Waals surface area contributed by atoms with E-state index < -0.39 is 0 Å². The summed E-state index contributed by atoms with van der Waals surface area (Å²) in [6, 6.07) is 9.35. The van der Waals surface area contributed by atoms with Crippen LogP contribution in [0.25, 0.3) is 0 Å². The number of aromatic nitrogens is 1. The first kappa shape index (κ1) is 14.0. The zero-order valence-corrected chi connectivity index (χ0v) is 12.1. The van der Waals surface area contributed by atoms with E-state index in [1.807, 2.05) is 24.3 Å². The van der Waals surface area contributed by atoms with Crippen LogP contribution in [0.1, 0.15) is 11.1 Å². The Morgan fingerprint density at radius 2 is 2.16 bits per heavy atom. The summed E-state index contributed by atoms with van der Waals surface area (Å²) in [5.74, 6) is 1.07. The molecule has 1 heterocycles. The zero-order valence-electron chi connectivity index (χ0n) is 10.5. The summed E-state index contributed by atoms with van der Waals surface area (Å²) in [5.41, 5.74) is 1.65. The van der Waals surface area contributed by atoms with Gasteiger partial charge in [0.15, 0.2) is 0 Å². The Morgan fingerprint density at radius 1 is 1.32 bits per heavy atom. The zero-order chi connectivity index (χ0) is 13.7. The van der Waals surface area contributed by atoms with Gasteiger partial charge in [0.1, 0.15) is 5.75 Å². The molecule has 19 heavy (non-hydrogen) atoms. The van der Waals surface area contributed by atoms with E-state index in [1.165, 1.54) is 0 Å². The first-order valence-corrected chi connectivity index (χ1v) is 6.53. The Labute approximate surface area is 120 Å². The summed E-state index contributed by atoms with van der Waals surface area (Å²) in [7, 11) is 1.65. The predicted molar refractivity (Wildman–Crippen MR) is 75.1 cm³/mol. The molecule has 100 valence electrons. The second kappa shape index (κ2) is 6.65. The van der Waals surface area contributed by atoms with E-state index in [1.54, 1.807) is 19.4 Å². The minimum Gasteiger partial charge on any atom is -0.439 e. The second-order valence-corrected chi connectivity index (χ2v) is 4.87. The number of nitrogens with zero attached hydrogens (tertiary/aromatic N) is 1. The number of rotatable bonds is 5. The lowest BCUT2D eigenvalue weighted by molar-refractivity contribution is 0.184. The van der Waals surface area contributed by atoms with Crippen molar-refractivity contribution >= 4 is 15.9 Å². The van der Waals surface area contributed by atoms with Crippen LogP contribution in [0.2, 0.25) is 0 Å². The fourth-order valence-electron chi connectivity index (χ4n) is 1.65. The van der Waals surface area contributed by atoms with E-state index in [-0.39, 0.29) is 6.61 Å². The van der Waals surface area contributed by atoms with Gasteiger partial charge in [-0.2, -0.15) is 0 Å². The molecule has 0 bridgehead atoms. The van der Waals surface area contributed by atoms with Gasteiger partial charge in [0.25, 0.3) is 0 Å². The number of hydrogen-bond acceptors (Lipinski definition) is 4. The maximum absolute atomic E-state index is 9.30. The third kappa shape index (κ3) is 3.76. The molecule has 0 aliphatic rings. The molecular weight excluding hydrogens is 310 g/mol. The molecule has 0 saturated carbocycles. The fourth-order valence-corrected chi connectivity index (χ4v) is 2.03. The van der Waals surface area contributed by atoms with Crippen LogP contribution < -0.4 is 4.74 Å². The molecule has 4 nitrogen and oxygen atoms in total. The van der Waals surface area contributed by atoms with Crippen LogP contribution in [0, 0.1) is 0 Å². The summed E-state index contributed by atoms with van der Waals surface area (Å²) in [4.78, 5) is 4.16. The number of pyridine rings is 1. The highest BCUT2D eigenvalue weighted by molar-refractivity contribution is 9.10. The van der Waals surface area contributed by atoms with Crippen molar-refractivity contribution in [3.8, 4) is 11.6 Å². The quantitative estimate of drug-likeness (QED) is 0.917. The van der Waals surface area contributed by atoms with Gasteiger partial charge in [-0.3, -0.25) is 0 Å². The Bertz CT molecular complexity index is 560. The molecule has 0 fully saturated rings. The Hall–Kier alpha value is -1.43. The van der Waals surface area contributed by atoms with E-state index >= 15 is 0 Å². The van der Waals surface area contributed by atoms with Gasteiger partial charge in [-0.25, -0.2) is 4.98 Å². The molecule has 2 rings (SSSR count). The number of aliphatic hydroxyl groups is 1. The second-order valence-electron chi connectivity index (χ2n) is 3.96. The van der Waals surface area contributed by atoms with Crippen LogP contribution in [0.15, 0.2) is 41.0 Å². The molecule has 0 unspecified atom stereocenters. The molecule has 0 aliphatic heterocycles. The van der Waals surface area contributed by atoms with Crippen LogP contribution in [-0.2, 0) is 18.0 Å². The molecule has 0 aliphatic carbocycles. The van der Waals surface area contributed by atoms with Gasteiger partial charge in [0.2, 0.25) is 5.88 Å². The number of benzene rings is 1. The fraction of sp³-hybridized carbons (Fsp3) is 0.214. The first-order valence-electron chi connectivity index (χ1n) is 5.74. The van der Waals surface area contributed by atoms with E-state index in [0.29, 0.717) is 23.8 Å². The van der Waals surface area contributed by atoms with Gasteiger partial charge >= 0.3 is 0 Å². The molecule has 1 aromatic carbocycles. The van der Waals surface area contributed by atoms with Crippen LogP contribution in [0.5, 0.6) is 11.6 Å². The lowest BCUT2D eigenvalue weighted by Gasteiger charge is -2.10. The highest BCUT2D eigenvalue weighted by atomic mass is 79.9. The minimum absolute atomic E-state index is 0.125. The average Bonchev–Trinajstić information content (AvgIpc) is 2.41. The van der Waals surface area contributed by atoms with Crippen LogP contribution in [0.4, 0.5) is 0 Å². The summed E-state index contributed by atoms with van der Waals surface area (Å²) in [5, 5.41) is 9.30. The van der Waals surface area contributed by atoms with Gasteiger partial charge in [-0.15, -0.1) is 0 Å². The molecule has 0 spiro atoms. The lowest BCUT2D eigenvalue weighted by atomic mass is 10.2. The third-order valence-corrected chi connectivity index (χ3v) is 2.92. The molecule has 0 atom stereocenters. The van der Waals surface area contributed by atoms with Crippen molar-refractivity contribution in [2.45, 2.75) is 13.2 Å². The highest BCUT2D eigenvalue weighted by Crippen LogP contribution is 2.26. The van der Waals surface area contributed by atoms with Crippen molar-refractivity contribution in [3.05, 3.63) is 52.1 Å². The molecule has 0 saturated heterocycles. The summed E-state index contributed by atoms with van der Waals surface area (Å²) < 4.78 is 11.6. The summed E-state index contributed by atoms with van der Waals surface area (Å²) in [6.07, 6.45) is 1.63. The highest BCUT2D eigenvalue weighted by Gasteiger charge is 2.07. The van der Waals surface area contributed by atoms with E-state index in [2.05, 4.69) is 20.9 Å². The molecule has 2 aromatic rings. The van der Waals surface area contributed by atoms with Gasteiger partial charge < -0.3 is 14.6 Å². The van der Waals surface area contributed by atoms with Crippen molar-refractivity contribution in [1.82, 2.24) is 4.98 Å². The maximum atomic E-state index is 9.30. The number of aliphatic hydroxyl groups excluding tert-OH is 1. The average molecular weight is 324 g/mol. The van der Waals surface area contributed by atoms with Crippen molar-refractivity contribution in [2.75, 3.05) is 7.11 Å². The largest absolute Gasteiger partial charge is 0.439 e. The van der Waals surface area contributed by atoms with E-state index in [0.717, 1.165) is 10.0 Å². The molecule has 5 heteroatoms. The maximum Gasteiger partial charge on any atom is 0.224 e. The molecule has 1 N–H and O–H groups in total. The smallest absolute Gasteiger partial charge is 0.224 e. The molecular formula is C14H14BrNO3. The topological polar surface area (TPSA) is 51.6 Å². The Balaban J connectivity index is 2.23. The number of halogens is 1.